The minimum Gasteiger partial charge on any atom is -0.338 e. The van der Waals surface area contributed by atoms with Gasteiger partial charge in [0.15, 0.2) is 11.6 Å². The van der Waals surface area contributed by atoms with Gasteiger partial charge in [-0.05, 0) is 24.3 Å². The monoisotopic (exact) mass is 314 g/mol. The number of fused-ring (bicyclic) bond motifs is 1. The van der Waals surface area contributed by atoms with Crippen molar-refractivity contribution < 1.29 is 0 Å². The Labute approximate surface area is 138 Å². The molecule has 116 valence electrons. The predicted octanol–water partition coefficient (Wildman–Crippen LogP) is 3.91. The van der Waals surface area contributed by atoms with Crippen LogP contribution >= 0.6 is 0 Å². The fourth-order valence-electron chi connectivity index (χ4n) is 2.38. The summed E-state index contributed by atoms with van der Waals surface area (Å²) in [5, 5.41) is 6.54. The molecule has 0 aliphatic heterocycles. The Bertz CT molecular complexity index is 876. The van der Waals surface area contributed by atoms with E-state index in [1.807, 2.05) is 60.7 Å². The fraction of sp³-hybridized carbons (Fsp3) is 0. The molecule has 4 rings (SSSR count). The van der Waals surface area contributed by atoms with E-state index in [1.165, 1.54) is 12.7 Å². The van der Waals surface area contributed by atoms with Crippen molar-refractivity contribution in [1.82, 2.24) is 19.9 Å². The van der Waals surface area contributed by atoms with Gasteiger partial charge in [0.25, 0.3) is 0 Å². The van der Waals surface area contributed by atoms with Crippen LogP contribution in [0.4, 0.5) is 23.0 Å². The molecule has 0 fully saturated rings. The number of hydrogen-bond donors (Lipinski definition) is 2. The summed E-state index contributed by atoms with van der Waals surface area (Å²) in [6, 6.07) is 19.7. The van der Waals surface area contributed by atoms with Crippen LogP contribution in [0.2, 0.25) is 0 Å². The van der Waals surface area contributed by atoms with Crippen LogP contribution in [0.1, 0.15) is 0 Å². The second-order valence-corrected chi connectivity index (χ2v) is 5.12. The molecule has 2 aromatic carbocycles. The predicted molar refractivity (Wildman–Crippen MR) is 94.6 cm³/mol. The molecule has 2 heterocycles. The zero-order valence-electron chi connectivity index (χ0n) is 12.7. The van der Waals surface area contributed by atoms with Crippen LogP contribution in [0, 0.1) is 0 Å². The summed E-state index contributed by atoms with van der Waals surface area (Å²) >= 11 is 0. The van der Waals surface area contributed by atoms with Crippen LogP contribution < -0.4 is 10.6 Å². The van der Waals surface area contributed by atoms with Gasteiger partial charge in [0.2, 0.25) is 0 Å². The normalized spacial score (nSPS) is 10.5. The van der Waals surface area contributed by atoms with Crippen LogP contribution in [0.3, 0.4) is 0 Å². The Hall–Kier alpha value is -3.54. The summed E-state index contributed by atoms with van der Waals surface area (Å²) in [4.78, 5) is 17.3. The number of nitrogens with zero attached hydrogens (tertiary/aromatic N) is 4. The summed E-state index contributed by atoms with van der Waals surface area (Å²) < 4.78 is 0. The van der Waals surface area contributed by atoms with Gasteiger partial charge in [-0.2, -0.15) is 0 Å². The molecule has 4 aromatic rings. The lowest BCUT2D eigenvalue weighted by molar-refractivity contribution is 1.15. The van der Waals surface area contributed by atoms with Gasteiger partial charge in [-0.3, -0.25) is 0 Å². The smallest absolute Gasteiger partial charge is 0.160 e. The van der Waals surface area contributed by atoms with Gasteiger partial charge in [-0.25, -0.2) is 19.9 Å². The molecule has 0 aliphatic rings. The highest BCUT2D eigenvalue weighted by Gasteiger charge is 2.10. The summed E-state index contributed by atoms with van der Waals surface area (Å²) in [5.41, 5.74) is 3.20. The third-order valence-corrected chi connectivity index (χ3v) is 3.49. The van der Waals surface area contributed by atoms with Crippen molar-refractivity contribution >= 4 is 34.0 Å². The largest absolute Gasteiger partial charge is 0.338 e. The van der Waals surface area contributed by atoms with E-state index in [1.54, 1.807) is 0 Å². The van der Waals surface area contributed by atoms with Crippen LogP contribution in [0.5, 0.6) is 0 Å². The average Bonchev–Trinajstić information content (AvgIpc) is 2.64. The Kier molecular flexibility index (Phi) is 3.69. The van der Waals surface area contributed by atoms with E-state index >= 15 is 0 Å². The third kappa shape index (κ3) is 2.85. The lowest BCUT2D eigenvalue weighted by atomic mass is 10.3. The van der Waals surface area contributed by atoms with Crippen molar-refractivity contribution in [3.05, 3.63) is 73.3 Å². The third-order valence-electron chi connectivity index (χ3n) is 3.49. The van der Waals surface area contributed by atoms with Crippen molar-refractivity contribution in [2.75, 3.05) is 10.6 Å². The van der Waals surface area contributed by atoms with Gasteiger partial charge < -0.3 is 10.6 Å². The van der Waals surface area contributed by atoms with E-state index in [2.05, 4.69) is 30.6 Å². The summed E-state index contributed by atoms with van der Waals surface area (Å²) in [5.74, 6) is 1.29. The minimum atomic E-state index is 0.643. The summed E-state index contributed by atoms with van der Waals surface area (Å²) in [6.07, 6.45) is 3.01. The molecular formula is C18H14N6. The van der Waals surface area contributed by atoms with Crippen LogP contribution in [0.15, 0.2) is 73.3 Å². The van der Waals surface area contributed by atoms with Crippen LogP contribution in [-0.4, -0.2) is 19.9 Å². The number of hydrogen-bond acceptors (Lipinski definition) is 6. The number of para-hydroxylation sites is 2. The highest BCUT2D eigenvalue weighted by Crippen LogP contribution is 2.26. The molecule has 0 atom stereocenters. The van der Waals surface area contributed by atoms with Crippen molar-refractivity contribution in [1.29, 1.82) is 0 Å². The van der Waals surface area contributed by atoms with Gasteiger partial charge in [-0.1, -0.05) is 36.4 Å². The van der Waals surface area contributed by atoms with E-state index in [4.69, 9.17) is 0 Å². The first kappa shape index (κ1) is 14.1. The zero-order chi connectivity index (χ0) is 16.2. The molecule has 0 saturated heterocycles. The van der Waals surface area contributed by atoms with Crippen LogP contribution in [0.25, 0.3) is 11.0 Å². The summed E-state index contributed by atoms with van der Waals surface area (Å²) in [7, 11) is 0. The molecule has 24 heavy (non-hydrogen) atoms. The molecule has 2 N–H and O–H groups in total. The Balaban J connectivity index is 1.74. The van der Waals surface area contributed by atoms with E-state index in [9.17, 15) is 0 Å². The van der Waals surface area contributed by atoms with Crippen molar-refractivity contribution in [2.45, 2.75) is 0 Å². The van der Waals surface area contributed by atoms with E-state index in [0.29, 0.717) is 22.7 Å². The lowest BCUT2D eigenvalue weighted by Crippen LogP contribution is -2.01. The number of benzene rings is 2. The summed E-state index contributed by atoms with van der Waals surface area (Å²) in [6.45, 7) is 0. The molecule has 0 radical (unpaired) electrons. The van der Waals surface area contributed by atoms with Gasteiger partial charge in [0.1, 0.15) is 23.7 Å². The zero-order valence-corrected chi connectivity index (χ0v) is 12.7. The molecule has 0 saturated carbocycles. The topological polar surface area (TPSA) is 75.6 Å². The van der Waals surface area contributed by atoms with Gasteiger partial charge in [0, 0.05) is 11.4 Å². The van der Waals surface area contributed by atoms with E-state index in [0.717, 1.165) is 11.4 Å². The van der Waals surface area contributed by atoms with Crippen molar-refractivity contribution in [3.63, 3.8) is 0 Å². The lowest BCUT2D eigenvalue weighted by Gasteiger charge is -2.10. The molecule has 0 amide bonds. The van der Waals surface area contributed by atoms with Gasteiger partial charge in [0.05, 0.1) is 0 Å². The standard InChI is InChI=1S/C18H14N6/c1-3-7-13(8-4-1)23-17-15-16(20-11-21-17)18(22-12-19-15)24-14-9-5-2-6-10-14/h1-12H,(H,20,21,23)(H,19,22,24). The van der Waals surface area contributed by atoms with Gasteiger partial charge in [-0.15, -0.1) is 0 Å². The highest BCUT2D eigenvalue weighted by molar-refractivity contribution is 5.94. The number of rotatable bonds is 4. The van der Waals surface area contributed by atoms with Crippen molar-refractivity contribution in [3.8, 4) is 0 Å². The Morgan fingerprint density at radius 2 is 0.917 bits per heavy atom. The van der Waals surface area contributed by atoms with Crippen molar-refractivity contribution in [2.24, 2.45) is 0 Å². The average molecular weight is 314 g/mol. The number of anilines is 4. The second kappa shape index (κ2) is 6.29. The Morgan fingerprint density at radius 1 is 0.500 bits per heavy atom. The molecule has 6 heteroatoms. The number of aromatic nitrogens is 4. The molecular weight excluding hydrogens is 300 g/mol. The first-order chi connectivity index (χ1) is 11.9. The first-order valence-electron chi connectivity index (χ1n) is 7.50. The van der Waals surface area contributed by atoms with E-state index < -0.39 is 0 Å². The SMILES string of the molecule is c1ccc(Nc2ncnc3c(Nc4ccccc4)ncnc23)cc1. The highest BCUT2D eigenvalue weighted by atomic mass is 15.1. The van der Waals surface area contributed by atoms with Crippen LogP contribution in [-0.2, 0) is 0 Å². The van der Waals surface area contributed by atoms with Gasteiger partial charge >= 0.3 is 0 Å². The fourth-order valence-corrected chi connectivity index (χ4v) is 2.38. The molecule has 6 nitrogen and oxygen atoms in total. The molecule has 0 aliphatic carbocycles. The molecule has 0 spiro atoms. The maximum absolute atomic E-state index is 4.34. The maximum atomic E-state index is 4.34. The van der Waals surface area contributed by atoms with E-state index in [-0.39, 0.29) is 0 Å². The maximum Gasteiger partial charge on any atom is 0.160 e. The Morgan fingerprint density at radius 3 is 1.33 bits per heavy atom. The first-order valence-corrected chi connectivity index (χ1v) is 7.50. The second-order valence-electron chi connectivity index (χ2n) is 5.12. The quantitative estimate of drug-likeness (QED) is 0.595. The minimum absolute atomic E-state index is 0.643. The number of nitrogens with one attached hydrogen (secondary N) is 2. The molecule has 0 unspecified atom stereocenters. The molecule has 0 bridgehead atoms. The molecule has 2 aromatic heterocycles.